The van der Waals surface area contributed by atoms with Crippen LogP contribution in [0.25, 0.3) is 0 Å². The quantitative estimate of drug-likeness (QED) is 0.750. The van der Waals surface area contributed by atoms with Gasteiger partial charge in [-0.3, -0.25) is 4.79 Å². The van der Waals surface area contributed by atoms with Crippen molar-refractivity contribution < 1.29 is 32.5 Å². The molecule has 3 aliphatic rings. The number of alkyl halides is 3. The number of carbonyl (C=O) groups excluding carboxylic acids is 1. The number of fused-ring (bicyclic) bond motifs is 1. The highest BCUT2D eigenvalue weighted by atomic mass is 19.4. The van der Waals surface area contributed by atoms with Crippen molar-refractivity contribution in [3.63, 3.8) is 0 Å². The van der Waals surface area contributed by atoms with Crippen LogP contribution in [0.3, 0.4) is 0 Å². The third kappa shape index (κ3) is 4.54. The van der Waals surface area contributed by atoms with Gasteiger partial charge in [0.2, 0.25) is 5.91 Å². The van der Waals surface area contributed by atoms with Gasteiger partial charge in [0.25, 0.3) is 0 Å². The molecule has 1 aromatic carbocycles. The van der Waals surface area contributed by atoms with Crippen LogP contribution in [-0.2, 0) is 22.3 Å². The Bertz CT molecular complexity index is 810. The number of amides is 1. The molecule has 4 rings (SSSR count). The molecule has 1 aromatic rings. The largest absolute Gasteiger partial charge is 0.473 e. The molecule has 1 saturated heterocycles. The summed E-state index contributed by atoms with van der Waals surface area (Å²) in [5.74, 6) is 0.0930. The number of nitrogens with zero attached hydrogens (tertiary/aromatic N) is 1. The number of nitrogens with one attached hydrogen (secondary N) is 1. The van der Waals surface area contributed by atoms with Gasteiger partial charge < -0.3 is 24.8 Å². The average molecular weight is 442 g/mol. The van der Waals surface area contributed by atoms with E-state index in [1.807, 2.05) is 0 Å². The second kappa shape index (κ2) is 8.60. The zero-order chi connectivity index (χ0) is 22.2. The van der Waals surface area contributed by atoms with Crippen molar-refractivity contribution in [3.05, 3.63) is 29.3 Å². The molecule has 2 N–H and O–H groups in total. The van der Waals surface area contributed by atoms with Crippen molar-refractivity contribution in [2.45, 2.75) is 69.9 Å². The van der Waals surface area contributed by atoms with Gasteiger partial charge in [-0.25, -0.2) is 0 Å². The molecule has 0 spiro atoms. The molecule has 3 atom stereocenters. The summed E-state index contributed by atoms with van der Waals surface area (Å²) in [6.07, 6.45) is -1.71. The molecule has 0 unspecified atom stereocenters. The Balaban J connectivity index is 1.48. The predicted octanol–water partition coefficient (Wildman–Crippen LogP) is 3.07. The summed E-state index contributed by atoms with van der Waals surface area (Å²) in [6.45, 7) is 3.05. The summed E-state index contributed by atoms with van der Waals surface area (Å²) in [6, 6.07) is 3.76. The van der Waals surface area contributed by atoms with Gasteiger partial charge in [0.05, 0.1) is 23.6 Å². The number of benzene rings is 1. The van der Waals surface area contributed by atoms with E-state index in [1.54, 1.807) is 6.92 Å². The summed E-state index contributed by atoms with van der Waals surface area (Å²) < 4.78 is 50.3. The van der Waals surface area contributed by atoms with E-state index in [-0.39, 0.29) is 25.2 Å². The van der Waals surface area contributed by atoms with E-state index in [4.69, 9.17) is 9.47 Å². The Kier molecular flexibility index (Phi) is 6.20. The molecule has 172 valence electrons. The Morgan fingerprint density at radius 3 is 2.68 bits per heavy atom. The molecular formula is C22H29F3N2O4. The van der Waals surface area contributed by atoms with E-state index in [9.17, 15) is 23.1 Å². The molecule has 6 nitrogen and oxygen atoms in total. The number of carbonyl (C=O) groups is 1. The summed E-state index contributed by atoms with van der Waals surface area (Å²) in [5, 5.41) is 14.2. The topological polar surface area (TPSA) is 71.0 Å². The Hall–Kier alpha value is -1.84. The smallest absolute Gasteiger partial charge is 0.416 e. The second-order valence-electron chi connectivity index (χ2n) is 8.92. The summed E-state index contributed by atoms with van der Waals surface area (Å²) in [7, 11) is 0. The minimum absolute atomic E-state index is 0.0324. The first-order chi connectivity index (χ1) is 14.7. The maximum absolute atomic E-state index is 13.5. The first-order valence-corrected chi connectivity index (χ1v) is 10.8. The second-order valence-corrected chi connectivity index (χ2v) is 8.92. The third-order valence-electron chi connectivity index (χ3n) is 6.88. The van der Waals surface area contributed by atoms with Crippen LogP contribution in [0.15, 0.2) is 18.2 Å². The Morgan fingerprint density at radius 2 is 2.00 bits per heavy atom. The van der Waals surface area contributed by atoms with Gasteiger partial charge >= 0.3 is 6.18 Å². The van der Waals surface area contributed by atoms with E-state index < -0.39 is 23.3 Å². The van der Waals surface area contributed by atoms with Gasteiger partial charge in [0.15, 0.2) is 6.73 Å². The van der Waals surface area contributed by atoms with Crippen molar-refractivity contribution in [1.82, 2.24) is 10.2 Å². The highest BCUT2D eigenvalue weighted by Gasteiger charge is 2.51. The maximum Gasteiger partial charge on any atom is 0.416 e. The highest BCUT2D eigenvalue weighted by Crippen LogP contribution is 2.44. The predicted molar refractivity (Wildman–Crippen MR) is 106 cm³/mol. The van der Waals surface area contributed by atoms with Gasteiger partial charge in [-0.1, -0.05) is 0 Å². The van der Waals surface area contributed by atoms with Crippen LogP contribution in [0, 0.1) is 5.41 Å². The molecule has 2 aliphatic heterocycles. The monoisotopic (exact) mass is 442 g/mol. The van der Waals surface area contributed by atoms with Crippen LogP contribution < -0.4 is 10.1 Å². The van der Waals surface area contributed by atoms with E-state index in [0.29, 0.717) is 30.2 Å². The number of hydrogen-bond acceptors (Lipinski definition) is 5. The van der Waals surface area contributed by atoms with Gasteiger partial charge in [-0.05, 0) is 57.2 Å². The van der Waals surface area contributed by atoms with E-state index in [2.05, 4.69) is 5.32 Å². The molecular weight excluding hydrogens is 413 g/mol. The van der Waals surface area contributed by atoms with Gasteiger partial charge in [-0.15, -0.1) is 0 Å². The lowest BCUT2D eigenvalue weighted by Gasteiger charge is -2.39. The van der Waals surface area contributed by atoms with E-state index >= 15 is 0 Å². The van der Waals surface area contributed by atoms with E-state index in [1.165, 1.54) is 11.0 Å². The number of ether oxygens (including phenoxy) is 2. The zero-order valence-electron chi connectivity index (χ0n) is 17.6. The molecule has 1 aliphatic carbocycles. The third-order valence-corrected chi connectivity index (χ3v) is 6.88. The van der Waals surface area contributed by atoms with Crippen molar-refractivity contribution in [2.24, 2.45) is 5.41 Å². The minimum atomic E-state index is -4.46. The summed E-state index contributed by atoms with van der Waals surface area (Å²) >= 11 is 0. The molecule has 9 heteroatoms. The van der Waals surface area contributed by atoms with E-state index in [0.717, 1.165) is 44.6 Å². The van der Waals surface area contributed by atoms with Gasteiger partial charge in [-0.2, -0.15) is 13.2 Å². The van der Waals surface area contributed by atoms with Crippen LogP contribution >= 0.6 is 0 Å². The highest BCUT2D eigenvalue weighted by molar-refractivity contribution is 5.84. The maximum atomic E-state index is 13.5. The normalized spacial score (nSPS) is 28.2. The molecule has 0 radical (unpaired) electrons. The fourth-order valence-electron chi connectivity index (χ4n) is 5.03. The number of aliphatic hydroxyl groups is 1. The van der Waals surface area contributed by atoms with Crippen molar-refractivity contribution >= 4 is 5.91 Å². The lowest BCUT2D eigenvalue weighted by atomic mass is 9.79. The average Bonchev–Trinajstić information content (AvgIpc) is 3.17. The molecule has 2 heterocycles. The molecule has 0 bridgehead atoms. The van der Waals surface area contributed by atoms with Crippen LogP contribution in [-0.4, -0.2) is 54.0 Å². The SMILES string of the molecule is C[C@@H](O)[C@]1(C(=O)N2COc3ccc(C(F)(F)F)cc3C2)CC[C@@H](NC2CCOCC2)C1. The van der Waals surface area contributed by atoms with Crippen molar-refractivity contribution in [2.75, 3.05) is 19.9 Å². The van der Waals surface area contributed by atoms with Crippen LogP contribution in [0.5, 0.6) is 5.75 Å². The molecule has 1 amide bonds. The number of halogens is 3. The first-order valence-electron chi connectivity index (χ1n) is 10.8. The molecule has 1 saturated carbocycles. The zero-order valence-corrected chi connectivity index (χ0v) is 17.6. The number of rotatable bonds is 4. The van der Waals surface area contributed by atoms with Gasteiger partial charge in [0, 0.05) is 30.9 Å². The number of aliphatic hydroxyl groups excluding tert-OH is 1. The summed E-state index contributed by atoms with van der Waals surface area (Å²) in [5.41, 5.74) is -1.41. The first kappa shape index (κ1) is 22.4. The standard InChI is InChI=1S/C22H29F3N2O4/c1-14(28)21(7-4-18(11-21)26-17-5-8-30-9-6-17)20(29)27-12-15-10-16(22(23,24)25)2-3-19(15)31-13-27/h2-3,10,14,17-18,26,28H,4-9,11-13H2,1H3/t14-,18-,21+/m1/s1. The Labute approximate surface area is 179 Å². The summed E-state index contributed by atoms with van der Waals surface area (Å²) in [4.78, 5) is 14.9. The molecule has 2 fully saturated rings. The van der Waals surface area contributed by atoms with Crippen LogP contribution in [0.4, 0.5) is 13.2 Å². The number of hydrogen-bond donors (Lipinski definition) is 2. The lowest BCUT2D eigenvalue weighted by Crippen LogP contribution is -2.51. The Morgan fingerprint density at radius 1 is 1.26 bits per heavy atom. The minimum Gasteiger partial charge on any atom is -0.473 e. The van der Waals surface area contributed by atoms with Crippen molar-refractivity contribution in [3.8, 4) is 5.75 Å². The van der Waals surface area contributed by atoms with Crippen LogP contribution in [0.1, 0.15) is 50.2 Å². The fraction of sp³-hybridized carbons (Fsp3) is 0.682. The molecule has 31 heavy (non-hydrogen) atoms. The van der Waals surface area contributed by atoms with Crippen LogP contribution in [0.2, 0.25) is 0 Å². The fourth-order valence-corrected chi connectivity index (χ4v) is 5.03. The van der Waals surface area contributed by atoms with Crippen molar-refractivity contribution in [1.29, 1.82) is 0 Å². The lowest BCUT2D eigenvalue weighted by molar-refractivity contribution is -0.153. The molecule has 0 aromatic heterocycles. The van der Waals surface area contributed by atoms with Gasteiger partial charge in [0.1, 0.15) is 5.75 Å².